The van der Waals surface area contributed by atoms with Gasteiger partial charge in [0.2, 0.25) is 0 Å². The summed E-state index contributed by atoms with van der Waals surface area (Å²) in [6, 6.07) is 7.66. The van der Waals surface area contributed by atoms with E-state index in [4.69, 9.17) is 9.47 Å². The van der Waals surface area contributed by atoms with Crippen molar-refractivity contribution in [3.05, 3.63) is 29.8 Å². The molecule has 3 heteroatoms. The fourth-order valence-corrected chi connectivity index (χ4v) is 2.64. The molecule has 0 aliphatic heterocycles. The summed E-state index contributed by atoms with van der Waals surface area (Å²) in [4.78, 5) is 12.0. The highest BCUT2D eigenvalue weighted by molar-refractivity contribution is 5.64. The third-order valence-electron chi connectivity index (χ3n) is 3.63. The summed E-state index contributed by atoms with van der Waals surface area (Å²) in [6.07, 6.45) is 2.59. The first-order valence-electron chi connectivity index (χ1n) is 8.21. The third kappa shape index (κ3) is 6.08. The normalized spacial score (nSPS) is 13.0. The van der Waals surface area contributed by atoms with Crippen molar-refractivity contribution in [1.29, 1.82) is 0 Å². The van der Waals surface area contributed by atoms with E-state index in [2.05, 4.69) is 27.7 Å². The zero-order valence-electron chi connectivity index (χ0n) is 14.8. The lowest BCUT2D eigenvalue weighted by molar-refractivity contribution is -0.0192. The second kappa shape index (κ2) is 8.21. The average molecular weight is 306 g/mol. The summed E-state index contributed by atoms with van der Waals surface area (Å²) in [5.41, 5.74) is 1.15. The lowest BCUT2D eigenvalue weighted by Crippen LogP contribution is -2.36. The monoisotopic (exact) mass is 306 g/mol. The Morgan fingerprint density at radius 1 is 1.14 bits per heavy atom. The topological polar surface area (TPSA) is 35.5 Å². The predicted octanol–water partition coefficient (Wildman–Crippen LogP) is 5.62. The standard InChI is InChI=1S/C19H30O3/c1-7-8-9-15-10-12-16(13-11-15)21-18(20)22-17(14(2)3)19(4,5)6/h10-14,17H,7-9H2,1-6H3. The molecule has 0 spiro atoms. The van der Waals surface area contributed by atoms with E-state index in [0.717, 1.165) is 6.42 Å². The molecule has 0 heterocycles. The van der Waals surface area contributed by atoms with Crippen LogP contribution in [0.2, 0.25) is 0 Å². The fraction of sp³-hybridized carbons (Fsp3) is 0.632. The molecule has 0 aromatic heterocycles. The smallest absolute Gasteiger partial charge is 0.430 e. The molecule has 0 saturated heterocycles. The molecule has 124 valence electrons. The van der Waals surface area contributed by atoms with Crippen LogP contribution in [0.5, 0.6) is 5.75 Å². The van der Waals surface area contributed by atoms with Gasteiger partial charge < -0.3 is 9.47 Å². The Balaban J connectivity index is 2.60. The molecule has 1 unspecified atom stereocenters. The third-order valence-corrected chi connectivity index (χ3v) is 3.63. The summed E-state index contributed by atoms with van der Waals surface area (Å²) in [6.45, 7) is 12.5. The number of carbonyl (C=O) groups excluding carboxylic acids is 1. The minimum Gasteiger partial charge on any atom is -0.430 e. The molecular weight excluding hydrogens is 276 g/mol. The van der Waals surface area contributed by atoms with Gasteiger partial charge >= 0.3 is 6.16 Å². The first kappa shape index (κ1) is 18.5. The molecule has 0 N–H and O–H groups in total. The van der Waals surface area contributed by atoms with Crippen LogP contribution in [0.4, 0.5) is 4.79 Å². The molecular formula is C19H30O3. The largest absolute Gasteiger partial charge is 0.514 e. The molecule has 0 bridgehead atoms. The Bertz CT molecular complexity index is 455. The number of ether oxygens (including phenoxy) is 2. The highest BCUT2D eigenvalue weighted by atomic mass is 16.7. The van der Waals surface area contributed by atoms with E-state index >= 15 is 0 Å². The van der Waals surface area contributed by atoms with Gasteiger partial charge in [-0.3, -0.25) is 0 Å². The number of aryl methyl sites for hydroxylation is 1. The van der Waals surface area contributed by atoms with Crippen molar-refractivity contribution in [2.45, 2.75) is 66.9 Å². The van der Waals surface area contributed by atoms with Crippen molar-refractivity contribution in [1.82, 2.24) is 0 Å². The van der Waals surface area contributed by atoms with E-state index in [-0.39, 0.29) is 17.4 Å². The van der Waals surface area contributed by atoms with Crippen molar-refractivity contribution in [2.75, 3.05) is 0 Å². The molecule has 3 nitrogen and oxygen atoms in total. The van der Waals surface area contributed by atoms with Crippen LogP contribution >= 0.6 is 0 Å². The number of hydrogen-bond acceptors (Lipinski definition) is 3. The molecule has 1 rings (SSSR count). The van der Waals surface area contributed by atoms with E-state index in [1.807, 2.05) is 38.1 Å². The van der Waals surface area contributed by atoms with Gasteiger partial charge in [0.05, 0.1) is 0 Å². The van der Waals surface area contributed by atoms with Gasteiger partial charge in [0.1, 0.15) is 11.9 Å². The van der Waals surface area contributed by atoms with Gasteiger partial charge in [0, 0.05) is 0 Å². The van der Waals surface area contributed by atoms with E-state index < -0.39 is 6.16 Å². The molecule has 1 aromatic carbocycles. The zero-order chi connectivity index (χ0) is 16.8. The molecule has 1 aromatic rings. The summed E-state index contributed by atoms with van der Waals surface area (Å²) >= 11 is 0. The van der Waals surface area contributed by atoms with Crippen LogP contribution in [0, 0.1) is 11.3 Å². The number of benzene rings is 1. The number of hydrogen-bond donors (Lipinski definition) is 0. The van der Waals surface area contributed by atoms with Gasteiger partial charge in [0.15, 0.2) is 0 Å². The van der Waals surface area contributed by atoms with E-state index in [1.54, 1.807) is 0 Å². The summed E-state index contributed by atoms with van der Waals surface area (Å²) < 4.78 is 10.8. The second-order valence-electron chi connectivity index (χ2n) is 7.25. The Hall–Kier alpha value is -1.51. The van der Waals surface area contributed by atoms with Gasteiger partial charge in [-0.1, -0.05) is 60.1 Å². The fourth-order valence-electron chi connectivity index (χ4n) is 2.64. The summed E-state index contributed by atoms with van der Waals surface area (Å²) in [7, 11) is 0. The average Bonchev–Trinajstić information content (AvgIpc) is 2.42. The van der Waals surface area contributed by atoms with Gasteiger partial charge in [-0.05, 0) is 41.9 Å². The number of unbranched alkanes of at least 4 members (excludes halogenated alkanes) is 1. The van der Waals surface area contributed by atoms with Crippen molar-refractivity contribution in [3.8, 4) is 5.75 Å². The number of rotatable bonds is 6. The maximum atomic E-state index is 12.0. The Morgan fingerprint density at radius 2 is 1.73 bits per heavy atom. The highest BCUT2D eigenvalue weighted by Gasteiger charge is 2.31. The Kier molecular flexibility index (Phi) is 6.92. The number of carbonyl (C=O) groups is 1. The van der Waals surface area contributed by atoms with Crippen LogP contribution < -0.4 is 4.74 Å². The van der Waals surface area contributed by atoms with Gasteiger partial charge in [-0.25, -0.2) is 4.79 Å². The van der Waals surface area contributed by atoms with Gasteiger partial charge in [0.25, 0.3) is 0 Å². The Morgan fingerprint density at radius 3 is 2.18 bits per heavy atom. The van der Waals surface area contributed by atoms with Crippen LogP contribution in [0.25, 0.3) is 0 Å². The molecule has 0 saturated carbocycles. The van der Waals surface area contributed by atoms with Crippen LogP contribution in [0.3, 0.4) is 0 Å². The van der Waals surface area contributed by atoms with Crippen LogP contribution in [-0.4, -0.2) is 12.3 Å². The highest BCUT2D eigenvalue weighted by Crippen LogP contribution is 2.28. The maximum absolute atomic E-state index is 12.0. The summed E-state index contributed by atoms with van der Waals surface area (Å²) in [5.74, 6) is 0.769. The van der Waals surface area contributed by atoms with E-state index in [0.29, 0.717) is 5.75 Å². The van der Waals surface area contributed by atoms with Crippen molar-refractivity contribution < 1.29 is 14.3 Å². The zero-order valence-corrected chi connectivity index (χ0v) is 14.8. The molecule has 0 fully saturated rings. The second-order valence-corrected chi connectivity index (χ2v) is 7.25. The van der Waals surface area contributed by atoms with Crippen LogP contribution in [0.15, 0.2) is 24.3 Å². The minimum absolute atomic E-state index is 0.114. The summed E-state index contributed by atoms with van der Waals surface area (Å²) in [5, 5.41) is 0. The lowest BCUT2D eigenvalue weighted by atomic mass is 9.83. The Labute approximate surface area is 135 Å². The molecule has 0 amide bonds. The van der Waals surface area contributed by atoms with Crippen LogP contribution in [-0.2, 0) is 11.2 Å². The van der Waals surface area contributed by atoms with Crippen LogP contribution in [0.1, 0.15) is 59.9 Å². The SMILES string of the molecule is CCCCc1ccc(OC(=O)OC(C(C)C)C(C)(C)C)cc1. The first-order chi connectivity index (χ1) is 10.2. The minimum atomic E-state index is -0.630. The van der Waals surface area contributed by atoms with Gasteiger partial charge in [-0.15, -0.1) is 0 Å². The molecule has 0 aliphatic carbocycles. The first-order valence-corrected chi connectivity index (χ1v) is 8.21. The van der Waals surface area contributed by atoms with Crippen molar-refractivity contribution in [2.24, 2.45) is 11.3 Å². The van der Waals surface area contributed by atoms with E-state index in [9.17, 15) is 4.79 Å². The molecule has 0 radical (unpaired) electrons. The predicted molar refractivity (Wildman–Crippen MR) is 90.2 cm³/mol. The van der Waals surface area contributed by atoms with Crippen molar-refractivity contribution in [3.63, 3.8) is 0 Å². The molecule has 1 atom stereocenters. The molecule has 0 aliphatic rings. The van der Waals surface area contributed by atoms with E-state index in [1.165, 1.54) is 18.4 Å². The lowest BCUT2D eigenvalue weighted by Gasteiger charge is -2.32. The maximum Gasteiger partial charge on any atom is 0.514 e. The quantitative estimate of drug-likeness (QED) is 0.506. The van der Waals surface area contributed by atoms with Crippen molar-refractivity contribution >= 4 is 6.16 Å². The van der Waals surface area contributed by atoms with Gasteiger partial charge in [-0.2, -0.15) is 0 Å². The molecule has 22 heavy (non-hydrogen) atoms.